The molecule has 14 heavy (non-hydrogen) atoms. The molecular formula is C12H17NO. The molecule has 76 valence electrons. The topological polar surface area (TPSA) is 32.3 Å². The van der Waals surface area contributed by atoms with Crippen LogP contribution >= 0.6 is 0 Å². The molecule has 0 aliphatic rings. The van der Waals surface area contributed by atoms with Crippen molar-refractivity contribution in [3.8, 4) is 0 Å². The average molecular weight is 191 g/mol. The first kappa shape index (κ1) is 11.0. The summed E-state index contributed by atoms with van der Waals surface area (Å²) in [5, 5.41) is 11.8. The summed E-state index contributed by atoms with van der Waals surface area (Å²) in [6, 6.07) is 10.2. The van der Waals surface area contributed by atoms with Gasteiger partial charge in [-0.3, -0.25) is 0 Å². The normalized spacial score (nSPS) is 10.9. The second-order valence-electron chi connectivity index (χ2n) is 3.09. The number of rotatable bonds is 6. The molecule has 0 radical (unpaired) electrons. The Balaban J connectivity index is 2.15. The molecule has 1 aromatic carbocycles. The Kier molecular flexibility index (Phi) is 5.71. The van der Waals surface area contributed by atoms with Gasteiger partial charge in [0.1, 0.15) is 0 Å². The van der Waals surface area contributed by atoms with Crippen LogP contribution in [0.5, 0.6) is 0 Å². The van der Waals surface area contributed by atoms with E-state index in [4.69, 9.17) is 5.11 Å². The van der Waals surface area contributed by atoms with Gasteiger partial charge in [0.05, 0.1) is 0 Å². The van der Waals surface area contributed by atoms with Crippen LogP contribution in [0.2, 0.25) is 0 Å². The Morgan fingerprint density at radius 3 is 2.71 bits per heavy atom. The molecule has 0 saturated carbocycles. The van der Waals surface area contributed by atoms with Gasteiger partial charge in [-0.2, -0.15) is 0 Å². The summed E-state index contributed by atoms with van der Waals surface area (Å²) in [4.78, 5) is 0. The molecule has 0 aliphatic carbocycles. The Bertz CT molecular complexity index is 256. The molecule has 0 bridgehead atoms. The summed E-state index contributed by atoms with van der Waals surface area (Å²) in [6.45, 7) is 1.99. The van der Waals surface area contributed by atoms with Crippen molar-refractivity contribution in [3.63, 3.8) is 0 Å². The van der Waals surface area contributed by atoms with E-state index in [-0.39, 0.29) is 6.61 Å². The fraction of sp³-hybridized carbons (Fsp3) is 0.333. The van der Waals surface area contributed by atoms with Gasteiger partial charge in [0.25, 0.3) is 0 Å². The first-order valence-electron chi connectivity index (χ1n) is 4.96. The molecule has 0 spiro atoms. The van der Waals surface area contributed by atoms with E-state index in [0.29, 0.717) is 0 Å². The second kappa shape index (κ2) is 7.30. The van der Waals surface area contributed by atoms with E-state index in [0.717, 1.165) is 19.5 Å². The van der Waals surface area contributed by atoms with Gasteiger partial charge in [-0.1, -0.05) is 42.5 Å². The first-order valence-corrected chi connectivity index (χ1v) is 4.96. The zero-order valence-corrected chi connectivity index (χ0v) is 8.32. The first-order chi connectivity index (χ1) is 6.93. The quantitative estimate of drug-likeness (QED) is 0.670. The van der Waals surface area contributed by atoms with E-state index in [1.54, 1.807) is 0 Å². The summed E-state index contributed by atoms with van der Waals surface area (Å²) in [5.74, 6) is 0. The number of hydrogen-bond donors (Lipinski definition) is 2. The Morgan fingerprint density at radius 1 is 1.21 bits per heavy atom. The van der Waals surface area contributed by atoms with E-state index >= 15 is 0 Å². The molecule has 0 aliphatic heterocycles. The highest BCUT2D eigenvalue weighted by molar-refractivity contribution is 5.48. The molecule has 1 aromatic rings. The van der Waals surface area contributed by atoms with Crippen LogP contribution < -0.4 is 5.32 Å². The Hall–Kier alpha value is -1.12. The smallest absolute Gasteiger partial charge is 0.0443 e. The molecule has 0 heterocycles. The summed E-state index contributed by atoms with van der Waals surface area (Å²) >= 11 is 0. The van der Waals surface area contributed by atoms with E-state index < -0.39 is 0 Å². The SMILES string of the molecule is OCCCNC/C=C/c1ccccc1. The highest BCUT2D eigenvalue weighted by atomic mass is 16.3. The molecule has 0 atom stereocenters. The number of aliphatic hydroxyl groups excluding tert-OH is 1. The Labute approximate surface area is 85.3 Å². The van der Waals surface area contributed by atoms with Gasteiger partial charge < -0.3 is 10.4 Å². The minimum atomic E-state index is 0.259. The summed E-state index contributed by atoms with van der Waals surface area (Å²) < 4.78 is 0. The van der Waals surface area contributed by atoms with E-state index in [2.05, 4.69) is 29.6 Å². The maximum Gasteiger partial charge on any atom is 0.0443 e. The van der Waals surface area contributed by atoms with Crippen LogP contribution in [-0.4, -0.2) is 24.8 Å². The fourth-order valence-corrected chi connectivity index (χ4v) is 1.15. The monoisotopic (exact) mass is 191 g/mol. The van der Waals surface area contributed by atoms with Gasteiger partial charge >= 0.3 is 0 Å². The van der Waals surface area contributed by atoms with Crippen molar-refractivity contribution in [1.29, 1.82) is 0 Å². The highest BCUT2D eigenvalue weighted by Crippen LogP contribution is 1.99. The van der Waals surface area contributed by atoms with Crippen molar-refractivity contribution in [2.24, 2.45) is 0 Å². The predicted molar refractivity (Wildman–Crippen MR) is 60.0 cm³/mol. The van der Waals surface area contributed by atoms with Crippen molar-refractivity contribution in [2.45, 2.75) is 6.42 Å². The third-order valence-electron chi connectivity index (χ3n) is 1.88. The third-order valence-corrected chi connectivity index (χ3v) is 1.88. The van der Waals surface area contributed by atoms with Crippen LogP contribution in [0.4, 0.5) is 0 Å². The molecule has 2 N–H and O–H groups in total. The van der Waals surface area contributed by atoms with Crippen LogP contribution in [0.1, 0.15) is 12.0 Å². The van der Waals surface area contributed by atoms with Gasteiger partial charge in [0.2, 0.25) is 0 Å². The standard InChI is InChI=1S/C12H17NO/c14-11-5-10-13-9-4-8-12-6-2-1-3-7-12/h1-4,6-8,13-14H,5,9-11H2/b8-4+. The molecule has 0 fully saturated rings. The third kappa shape index (κ3) is 4.80. The van der Waals surface area contributed by atoms with Crippen LogP contribution in [-0.2, 0) is 0 Å². The zero-order chi connectivity index (χ0) is 10.1. The Morgan fingerprint density at radius 2 is 2.00 bits per heavy atom. The average Bonchev–Trinajstić information content (AvgIpc) is 2.25. The maximum atomic E-state index is 8.54. The van der Waals surface area contributed by atoms with E-state index in [9.17, 15) is 0 Å². The van der Waals surface area contributed by atoms with Crippen molar-refractivity contribution in [2.75, 3.05) is 19.7 Å². The van der Waals surface area contributed by atoms with Gasteiger partial charge in [-0.25, -0.2) is 0 Å². The minimum absolute atomic E-state index is 0.259. The van der Waals surface area contributed by atoms with Crippen LogP contribution in [0.25, 0.3) is 6.08 Å². The van der Waals surface area contributed by atoms with Crippen molar-refractivity contribution in [3.05, 3.63) is 42.0 Å². The zero-order valence-electron chi connectivity index (χ0n) is 8.32. The molecule has 0 amide bonds. The van der Waals surface area contributed by atoms with Crippen LogP contribution in [0.15, 0.2) is 36.4 Å². The number of benzene rings is 1. The molecule has 0 aromatic heterocycles. The van der Waals surface area contributed by atoms with E-state index in [1.807, 2.05) is 18.2 Å². The maximum absolute atomic E-state index is 8.54. The summed E-state index contributed by atoms with van der Waals surface area (Å²) in [7, 11) is 0. The van der Waals surface area contributed by atoms with Gasteiger partial charge in [-0.15, -0.1) is 0 Å². The van der Waals surface area contributed by atoms with Gasteiger partial charge in [-0.05, 0) is 18.5 Å². The van der Waals surface area contributed by atoms with E-state index in [1.165, 1.54) is 5.56 Å². The molecule has 1 rings (SSSR count). The lowest BCUT2D eigenvalue weighted by Crippen LogP contribution is -2.15. The number of nitrogens with one attached hydrogen (secondary N) is 1. The number of hydrogen-bond acceptors (Lipinski definition) is 2. The van der Waals surface area contributed by atoms with Gasteiger partial charge in [0.15, 0.2) is 0 Å². The van der Waals surface area contributed by atoms with Crippen LogP contribution in [0, 0.1) is 0 Å². The lowest BCUT2D eigenvalue weighted by molar-refractivity contribution is 0.287. The summed E-state index contributed by atoms with van der Waals surface area (Å²) in [6.07, 6.45) is 5.00. The van der Waals surface area contributed by atoms with Gasteiger partial charge in [0, 0.05) is 13.2 Å². The molecule has 2 nitrogen and oxygen atoms in total. The lowest BCUT2D eigenvalue weighted by atomic mass is 10.2. The predicted octanol–water partition coefficient (Wildman–Crippen LogP) is 1.67. The van der Waals surface area contributed by atoms with Crippen molar-refractivity contribution < 1.29 is 5.11 Å². The lowest BCUT2D eigenvalue weighted by Gasteiger charge is -1.97. The minimum Gasteiger partial charge on any atom is -0.396 e. The molecule has 2 heteroatoms. The van der Waals surface area contributed by atoms with Crippen molar-refractivity contribution >= 4 is 6.08 Å². The molecule has 0 unspecified atom stereocenters. The van der Waals surface area contributed by atoms with Crippen molar-refractivity contribution in [1.82, 2.24) is 5.32 Å². The molecular weight excluding hydrogens is 174 g/mol. The highest BCUT2D eigenvalue weighted by Gasteiger charge is 1.84. The summed E-state index contributed by atoms with van der Waals surface area (Å²) in [5.41, 5.74) is 1.22. The fourth-order valence-electron chi connectivity index (χ4n) is 1.15. The second-order valence-corrected chi connectivity index (χ2v) is 3.09. The largest absolute Gasteiger partial charge is 0.396 e. The molecule has 0 saturated heterocycles. The number of aliphatic hydroxyl groups is 1. The van der Waals surface area contributed by atoms with Crippen LogP contribution in [0.3, 0.4) is 0 Å².